The van der Waals surface area contributed by atoms with Gasteiger partial charge in [0.15, 0.2) is 0 Å². The van der Waals surface area contributed by atoms with Gasteiger partial charge in [0.25, 0.3) is 0 Å². The number of allylic oxidation sites excluding steroid dienone is 2. The Morgan fingerprint density at radius 2 is 0.935 bits per heavy atom. The SMILES string of the molecule is C=C1CCC(=C)C1CC(=O)CCCCCCCCCCCCCCCCCCC(C)=O. The lowest BCUT2D eigenvalue weighted by Gasteiger charge is -2.11. The van der Waals surface area contributed by atoms with Crippen molar-refractivity contribution >= 4 is 11.6 Å². The van der Waals surface area contributed by atoms with E-state index in [4.69, 9.17) is 0 Å². The zero-order chi connectivity index (χ0) is 22.7. The van der Waals surface area contributed by atoms with Crippen LogP contribution in [0.25, 0.3) is 0 Å². The molecule has 1 rings (SSSR count). The highest BCUT2D eigenvalue weighted by Crippen LogP contribution is 2.36. The molecule has 0 aromatic heterocycles. The first-order valence-corrected chi connectivity index (χ1v) is 13.4. The molecule has 2 nitrogen and oxygen atoms in total. The Hall–Kier alpha value is -1.18. The zero-order valence-electron chi connectivity index (χ0n) is 20.7. The lowest BCUT2D eigenvalue weighted by molar-refractivity contribution is -0.119. The van der Waals surface area contributed by atoms with E-state index in [2.05, 4.69) is 13.2 Å². The van der Waals surface area contributed by atoms with Crippen molar-refractivity contribution in [2.45, 2.75) is 142 Å². The van der Waals surface area contributed by atoms with Crippen molar-refractivity contribution in [1.29, 1.82) is 0 Å². The molecule has 0 unspecified atom stereocenters. The number of carbonyl (C=O) groups is 2. The zero-order valence-corrected chi connectivity index (χ0v) is 20.7. The van der Waals surface area contributed by atoms with Crippen molar-refractivity contribution < 1.29 is 9.59 Å². The van der Waals surface area contributed by atoms with E-state index in [1.807, 2.05) is 0 Å². The molecule has 0 N–H and O–H groups in total. The van der Waals surface area contributed by atoms with Crippen LogP contribution in [0.15, 0.2) is 24.3 Å². The summed E-state index contributed by atoms with van der Waals surface area (Å²) in [6.07, 6.45) is 25.1. The van der Waals surface area contributed by atoms with Gasteiger partial charge in [-0.1, -0.05) is 114 Å². The molecule has 1 aliphatic carbocycles. The average Bonchev–Trinajstić information content (AvgIpc) is 3.04. The second-order valence-electron chi connectivity index (χ2n) is 9.97. The molecule has 2 heteroatoms. The summed E-state index contributed by atoms with van der Waals surface area (Å²) in [5.74, 6) is 1.01. The molecule has 1 aliphatic rings. The van der Waals surface area contributed by atoms with E-state index in [0.717, 1.165) is 38.5 Å². The minimum atomic E-state index is 0.274. The molecule has 0 saturated heterocycles. The van der Waals surface area contributed by atoms with Crippen LogP contribution >= 0.6 is 0 Å². The van der Waals surface area contributed by atoms with Gasteiger partial charge in [0, 0.05) is 25.2 Å². The summed E-state index contributed by atoms with van der Waals surface area (Å²) in [7, 11) is 0. The fourth-order valence-corrected chi connectivity index (χ4v) is 4.75. The third kappa shape index (κ3) is 15.3. The largest absolute Gasteiger partial charge is 0.300 e. The maximum absolute atomic E-state index is 12.2. The number of ketones is 2. The van der Waals surface area contributed by atoms with Crippen molar-refractivity contribution in [2.24, 2.45) is 5.92 Å². The van der Waals surface area contributed by atoms with Crippen LogP contribution in [-0.4, -0.2) is 11.6 Å². The van der Waals surface area contributed by atoms with E-state index in [-0.39, 0.29) is 5.92 Å². The number of carbonyl (C=O) groups excluding carboxylic acids is 2. The minimum absolute atomic E-state index is 0.274. The van der Waals surface area contributed by atoms with E-state index in [1.54, 1.807) is 6.92 Å². The van der Waals surface area contributed by atoms with Crippen molar-refractivity contribution in [3.8, 4) is 0 Å². The van der Waals surface area contributed by atoms with Gasteiger partial charge in [-0.3, -0.25) is 4.79 Å². The molecular formula is C29H50O2. The number of hydrogen-bond acceptors (Lipinski definition) is 2. The summed E-state index contributed by atoms with van der Waals surface area (Å²) in [6, 6.07) is 0. The quantitative estimate of drug-likeness (QED) is 0.134. The van der Waals surface area contributed by atoms with Gasteiger partial charge in [-0.15, -0.1) is 0 Å². The maximum Gasteiger partial charge on any atom is 0.133 e. The molecule has 1 fully saturated rings. The molecule has 1 saturated carbocycles. The molecule has 0 heterocycles. The fourth-order valence-electron chi connectivity index (χ4n) is 4.75. The third-order valence-electron chi connectivity index (χ3n) is 6.92. The topological polar surface area (TPSA) is 34.1 Å². The van der Waals surface area contributed by atoms with Crippen molar-refractivity contribution in [2.75, 3.05) is 0 Å². The lowest BCUT2D eigenvalue weighted by atomic mass is 9.93. The van der Waals surface area contributed by atoms with E-state index in [9.17, 15) is 9.59 Å². The first-order chi connectivity index (χ1) is 15.0. The molecule has 0 bridgehead atoms. The van der Waals surface area contributed by atoms with Crippen LogP contribution in [0.2, 0.25) is 0 Å². The Morgan fingerprint density at radius 3 is 1.29 bits per heavy atom. The van der Waals surface area contributed by atoms with E-state index in [0.29, 0.717) is 18.0 Å². The first-order valence-electron chi connectivity index (χ1n) is 13.4. The summed E-state index contributed by atoms with van der Waals surface area (Å²) >= 11 is 0. The second kappa shape index (κ2) is 18.4. The minimum Gasteiger partial charge on any atom is -0.300 e. The van der Waals surface area contributed by atoms with Gasteiger partial charge in [-0.25, -0.2) is 0 Å². The Kier molecular flexibility index (Phi) is 16.5. The van der Waals surface area contributed by atoms with Gasteiger partial charge < -0.3 is 4.79 Å². The Morgan fingerprint density at radius 1 is 0.613 bits per heavy atom. The van der Waals surface area contributed by atoms with Crippen LogP contribution in [0.5, 0.6) is 0 Å². The van der Waals surface area contributed by atoms with Crippen LogP contribution in [0.4, 0.5) is 0 Å². The summed E-state index contributed by atoms with van der Waals surface area (Å²) < 4.78 is 0. The number of unbranched alkanes of at least 4 members (excludes halogenated alkanes) is 15. The Labute approximate surface area is 193 Å². The highest BCUT2D eigenvalue weighted by molar-refractivity contribution is 5.79. The summed E-state index contributed by atoms with van der Waals surface area (Å²) in [6.45, 7) is 9.90. The van der Waals surface area contributed by atoms with E-state index >= 15 is 0 Å². The lowest BCUT2D eigenvalue weighted by Crippen LogP contribution is -2.07. The molecule has 0 aromatic carbocycles. The van der Waals surface area contributed by atoms with E-state index in [1.165, 1.54) is 101 Å². The first kappa shape index (κ1) is 27.9. The normalized spacial score (nSPS) is 14.5. The average molecular weight is 431 g/mol. The van der Waals surface area contributed by atoms with Crippen LogP contribution in [0.1, 0.15) is 142 Å². The summed E-state index contributed by atoms with van der Waals surface area (Å²) in [5.41, 5.74) is 2.44. The standard InChI is InChI=1S/C29H50O2/c1-25-22-23-26(2)29(25)24-28(31)21-19-17-15-13-11-9-7-5-4-6-8-10-12-14-16-18-20-27(3)30/h29H,1-2,4-24H2,3H3. The Balaban J connectivity index is 1.76. The van der Waals surface area contributed by atoms with Gasteiger partial charge in [0.05, 0.1) is 0 Å². The molecule has 0 amide bonds. The monoisotopic (exact) mass is 430 g/mol. The molecule has 0 aliphatic heterocycles. The van der Waals surface area contributed by atoms with Gasteiger partial charge in [-0.05, 0) is 32.6 Å². The van der Waals surface area contributed by atoms with Gasteiger partial charge in [0.2, 0.25) is 0 Å². The fraction of sp³-hybridized carbons (Fsp3) is 0.793. The van der Waals surface area contributed by atoms with Crippen molar-refractivity contribution in [3.63, 3.8) is 0 Å². The molecule has 0 atom stereocenters. The van der Waals surface area contributed by atoms with Crippen LogP contribution in [-0.2, 0) is 9.59 Å². The molecule has 0 aromatic rings. The van der Waals surface area contributed by atoms with Crippen LogP contribution in [0, 0.1) is 5.92 Å². The van der Waals surface area contributed by atoms with Crippen LogP contribution in [0.3, 0.4) is 0 Å². The second-order valence-corrected chi connectivity index (χ2v) is 9.97. The predicted octanol–water partition coefficient (Wildman–Crippen LogP) is 9.08. The molecule has 0 radical (unpaired) electrons. The van der Waals surface area contributed by atoms with Crippen LogP contribution < -0.4 is 0 Å². The van der Waals surface area contributed by atoms with Gasteiger partial charge in [-0.2, -0.15) is 0 Å². The molecule has 31 heavy (non-hydrogen) atoms. The summed E-state index contributed by atoms with van der Waals surface area (Å²) in [4.78, 5) is 23.1. The molecule has 0 spiro atoms. The van der Waals surface area contributed by atoms with Gasteiger partial charge in [0.1, 0.15) is 11.6 Å². The maximum atomic E-state index is 12.2. The third-order valence-corrected chi connectivity index (χ3v) is 6.92. The number of rotatable bonds is 21. The number of Topliss-reactive ketones (excluding diaryl/α,β-unsaturated/α-hetero) is 2. The van der Waals surface area contributed by atoms with Crippen molar-refractivity contribution in [3.05, 3.63) is 24.3 Å². The highest BCUT2D eigenvalue weighted by Gasteiger charge is 2.24. The summed E-state index contributed by atoms with van der Waals surface area (Å²) in [5, 5.41) is 0. The van der Waals surface area contributed by atoms with E-state index < -0.39 is 0 Å². The Bertz CT molecular complexity index is 515. The van der Waals surface area contributed by atoms with Crippen molar-refractivity contribution in [1.82, 2.24) is 0 Å². The molecule has 178 valence electrons. The highest BCUT2D eigenvalue weighted by atomic mass is 16.1. The smallest absolute Gasteiger partial charge is 0.133 e. The van der Waals surface area contributed by atoms with Gasteiger partial charge >= 0.3 is 0 Å². The number of hydrogen-bond donors (Lipinski definition) is 0. The predicted molar refractivity (Wildman–Crippen MR) is 134 cm³/mol. The molecular weight excluding hydrogens is 380 g/mol.